The summed E-state index contributed by atoms with van der Waals surface area (Å²) in [5.74, 6) is -1.20. The predicted octanol–water partition coefficient (Wildman–Crippen LogP) is -1.54. The molecular formula is C9H15NO5. The van der Waals surface area contributed by atoms with Gasteiger partial charge < -0.3 is 15.3 Å². The van der Waals surface area contributed by atoms with Gasteiger partial charge in [0.15, 0.2) is 5.78 Å². The van der Waals surface area contributed by atoms with Crippen molar-refractivity contribution >= 4 is 11.8 Å². The second-order valence-electron chi connectivity index (χ2n) is 3.63. The maximum atomic E-state index is 11.1. The van der Waals surface area contributed by atoms with E-state index in [-0.39, 0.29) is 25.4 Å². The van der Waals surface area contributed by atoms with Gasteiger partial charge in [-0.15, -0.1) is 0 Å². The van der Waals surface area contributed by atoms with Gasteiger partial charge in [0.2, 0.25) is 0 Å². The second-order valence-corrected chi connectivity index (χ2v) is 3.63. The van der Waals surface area contributed by atoms with Gasteiger partial charge in [-0.2, -0.15) is 0 Å². The third-order valence-corrected chi connectivity index (χ3v) is 2.55. The molecule has 1 unspecified atom stereocenters. The van der Waals surface area contributed by atoms with Crippen molar-refractivity contribution < 1.29 is 24.9 Å². The fourth-order valence-corrected chi connectivity index (χ4v) is 1.72. The SMILES string of the molecule is O=C(O)CCCN1CC(=O)C(O)[C@H]1CO. The summed E-state index contributed by atoms with van der Waals surface area (Å²) in [7, 11) is 0. The van der Waals surface area contributed by atoms with Crippen molar-refractivity contribution in [2.75, 3.05) is 19.7 Å². The first-order chi connectivity index (χ1) is 7.06. The first-order valence-corrected chi connectivity index (χ1v) is 4.83. The van der Waals surface area contributed by atoms with E-state index in [0.717, 1.165) is 0 Å². The van der Waals surface area contributed by atoms with Crippen LogP contribution in [0.5, 0.6) is 0 Å². The van der Waals surface area contributed by atoms with Crippen molar-refractivity contribution in [3.8, 4) is 0 Å². The quantitative estimate of drug-likeness (QED) is 0.516. The molecule has 1 aliphatic heterocycles. The van der Waals surface area contributed by atoms with Crippen LogP contribution in [0.3, 0.4) is 0 Å². The lowest BCUT2D eigenvalue weighted by atomic mass is 10.1. The van der Waals surface area contributed by atoms with Gasteiger partial charge in [-0.1, -0.05) is 0 Å². The molecule has 2 atom stereocenters. The average Bonchev–Trinajstić information content (AvgIpc) is 2.42. The van der Waals surface area contributed by atoms with Crippen LogP contribution in [0.15, 0.2) is 0 Å². The number of Topliss-reactive ketones (excluding diaryl/α,β-unsaturated/α-hetero) is 1. The Morgan fingerprint density at radius 1 is 1.53 bits per heavy atom. The monoisotopic (exact) mass is 217 g/mol. The maximum Gasteiger partial charge on any atom is 0.303 e. The van der Waals surface area contributed by atoms with E-state index in [2.05, 4.69) is 0 Å². The number of nitrogens with zero attached hydrogens (tertiary/aromatic N) is 1. The summed E-state index contributed by atoms with van der Waals surface area (Å²) in [6, 6.07) is -0.578. The van der Waals surface area contributed by atoms with Crippen molar-refractivity contribution in [3.63, 3.8) is 0 Å². The van der Waals surface area contributed by atoms with Crippen LogP contribution in [0.2, 0.25) is 0 Å². The third kappa shape index (κ3) is 2.98. The highest BCUT2D eigenvalue weighted by atomic mass is 16.4. The van der Waals surface area contributed by atoms with Crippen molar-refractivity contribution in [1.82, 2.24) is 4.90 Å². The lowest BCUT2D eigenvalue weighted by Crippen LogP contribution is -2.39. The van der Waals surface area contributed by atoms with Crippen LogP contribution in [-0.4, -0.2) is 63.8 Å². The lowest BCUT2D eigenvalue weighted by Gasteiger charge is -2.22. The van der Waals surface area contributed by atoms with Crippen molar-refractivity contribution in [1.29, 1.82) is 0 Å². The van der Waals surface area contributed by atoms with Crippen LogP contribution in [0.1, 0.15) is 12.8 Å². The molecule has 0 saturated carbocycles. The molecule has 1 aliphatic rings. The van der Waals surface area contributed by atoms with Crippen molar-refractivity contribution in [2.45, 2.75) is 25.0 Å². The number of rotatable bonds is 5. The highest BCUT2D eigenvalue weighted by Crippen LogP contribution is 2.15. The van der Waals surface area contributed by atoms with E-state index in [0.29, 0.717) is 13.0 Å². The Bertz CT molecular complexity index is 255. The molecule has 1 saturated heterocycles. The van der Waals surface area contributed by atoms with Gasteiger partial charge in [0.05, 0.1) is 19.2 Å². The Kier molecular flexibility index (Phi) is 4.19. The minimum Gasteiger partial charge on any atom is -0.481 e. The first kappa shape index (κ1) is 12.1. The standard InChI is InChI=1S/C9H15NO5/c11-5-6-9(15)7(12)4-10(6)3-1-2-8(13)14/h6,9,11,15H,1-5H2,(H,13,14)/t6-,9?/m1/s1. The minimum absolute atomic E-state index is 0.0267. The Hall–Kier alpha value is -0.980. The summed E-state index contributed by atoms with van der Waals surface area (Å²) in [6.07, 6.45) is -0.704. The average molecular weight is 217 g/mol. The van der Waals surface area contributed by atoms with Gasteiger partial charge in [-0.05, 0) is 13.0 Å². The third-order valence-electron chi connectivity index (χ3n) is 2.55. The normalized spacial score (nSPS) is 27.2. The van der Waals surface area contributed by atoms with E-state index in [1.807, 2.05) is 0 Å². The summed E-state index contributed by atoms with van der Waals surface area (Å²) in [5, 5.41) is 26.8. The van der Waals surface area contributed by atoms with E-state index in [9.17, 15) is 14.7 Å². The first-order valence-electron chi connectivity index (χ1n) is 4.83. The molecule has 0 aliphatic carbocycles. The number of likely N-dealkylation sites (tertiary alicyclic amines) is 1. The van der Waals surface area contributed by atoms with Gasteiger partial charge in [0.25, 0.3) is 0 Å². The van der Waals surface area contributed by atoms with Crippen LogP contribution in [0, 0.1) is 0 Å². The van der Waals surface area contributed by atoms with Gasteiger partial charge >= 0.3 is 5.97 Å². The zero-order valence-electron chi connectivity index (χ0n) is 8.30. The number of ketones is 1. The molecule has 0 radical (unpaired) electrons. The summed E-state index contributed by atoms with van der Waals surface area (Å²) < 4.78 is 0. The number of aliphatic hydroxyl groups excluding tert-OH is 2. The number of hydrogen-bond donors (Lipinski definition) is 3. The predicted molar refractivity (Wildman–Crippen MR) is 50.3 cm³/mol. The van der Waals surface area contributed by atoms with Gasteiger partial charge in [0, 0.05) is 6.42 Å². The highest BCUT2D eigenvalue weighted by Gasteiger charge is 2.38. The summed E-state index contributed by atoms with van der Waals surface area (Å²) >= 11 is 0. The van der Waals surface area contributed by atoms with Crippen LogP contribution in [0.4, 0.5) is 0 Å². The Morgan fingerprint density at radius 3 is 2.73 bits per heavy atom. The lowest BCUT2D eigenvalue weighted by molar-refractivity contribution is -0.137. The molecule has 86 valence electrons. The molecular weight excluding hydrogens is 202 g/mol. The van der Waals surface area contributed by atoms with Gasteiger partial charge in [0.1, 0.15) is 6.10 Å². The number of aliphatic hydroxyl groups is 2. The molecule has 1 heterocycles. The number of aliphatic carboxylic acids is 1. The molecule has 0 amide bonds. The topological polar surface area (TPSA) is 98.1 Å². The van der Waals surface area contributed by atoms with Crippen molar-refractivity contribution in [2.24, 2.45) is 0 Å². The molecule has 0 spiro atoms. The fourth-order valence-electron chi connectivity index (χ4n) is 1.72. The highest BCUT2D eigenvalue weighted by molar-refractivity contribution is 5.87. The van der Waals surface area contributed by atoms with Crippen molar-refractivity contribution in [3.05, 3.63) is 0 Å². The van der Waals surface area contributed by atoms with Gasteiger partial charge in [-0.3, -0.25) is 14.5 Å². The summed E-state index contributed by atoms with van der Waals surface area (Å²) in [6.45, 7) is 0.201. The van der Waals surface area contributed by atoms with E-state index in [1.54, 1.807) is 4.90 Å². The summed E-state index contributed by atoms with van der Waals surface area (Å²) in [4.78, 5) is 23.0. The molecule has 0 aromatic carbocycles. The Labute approximate surface area is 87.1 Å². The van der Waals surface area contributed by atoms with Crippen LogP contribution in [-0.2, 0) is 9.59 Å². The molecule has 1 fully saturated rings. The van der Waals surface area contributed by atoms with E-state index >= 15 is 0 Å². The van der Waals surface area contributed by atoms with Crippen LogP contribution >= 0.6 is 0 Å². The maximum absolute atomic E-state index is 11.1. The second kappa shape index (κ2) is 5.20. The van der Waals surface area contributed by atoms with E-state index in [1.165, 1.54) is 0 Å². The zero-order valence-corrected chi connectivity index (χ0v) is 8.30. The number of hydrogen-bond acceptors (Lipinski definition) is 5. The number of carboxylic acid groups (broad SMARTS) is 1. The number of carbonyl (C=O) groups is 2. The molecule has 3 N–H and O–H groups in total. The zero-order chi connectivity index (χ0) is 11.4. The molecule has 0 bridgehead atoms. The number of carbonyl (C=O) groups excluding carboxylic acids is 1. The molecule has 6 heteroatoms. The minimum atomic E-state index is -1.14. The van der Waals surface area contributed by atoms with Crippen LogP contribution < -0.4 is 0 Å². The van der Waals surface area contributed by atoms with Gasteiger partial charge in [-0.25, -0.2) is 0 Å². The Morgan fingerprint density at radius 2 is 2.20 bits per heavy atom. The fraction of sp³-hybridized carbons (Fsp3) is 0.778. The Balaban J connectivity index is 2.41. The van der Waals surface area contributed by atoms with Crippen LogP contribution in [0.25, 0.3) is 0 Å². The largest absolute Gasteiger partial charge is 0.481 e. The van der Waals surface area contributed by atoms with E-state index in [4.69, 9.17) is 10.2 Å². The smallest absolute Gasteiger partial charge is 0.303 e. The molecule has 0 aromatic rings. The van der Waals surface area contributed by atoms with E-state index < -0.39 is 18.1 Å². The molecule has 6 nitrogen and oxygen atoms in total. The molecule has 0 aromatic heterocycles. The summed E-state index contributed by atoms with van der Waals surface area (Å²) in [5.41, 5.74) is 0. The molecule has 15 heavy (non-hydrogen) atoms. The number of carboxylic acids is 1. The molecule has 1 rings (SSSR count).